The number of hydrogen-bond acceptors (Lipinski definition) is 4. The van der Waals surface area contributed by atoms with E-state index in [0.717, 1.165) is 6.42 Å². The van der Waals surface area contributed by atoms with Gasteiger partial charge in [0.1, 0.15) is 5.71 Å². The quantitative estimate of drug-likeness (QED) is 0.756. The van der Waals surface area contributed by atoms with Crippen molar-refractivity contribution >= 4 is 17.6 Å². The Hall–Kier alpha value is -2.57. The van der Waals surface area contributed by atoms with Crippen LogP contribution in [0.4, 0.5) is 4.79 Å². The minimum Gasteiger partial charge on any atom is -0.390 e. The van der Waals surface area contributed by atoms with E-state index in [1.54, 1.807) is 0 Å². The number of oxime groups is 1. The second-order valence-corrected chi connectivity index (χ2v) is 8.40. The minimum absolute atomic E-state index is 0.0285. The lowest BCUT2D eigenvalue weighted by Gasteiger charge is -2.35. The lowest BCUT2D eigenvalue weighted by atomic mass is 9.69. The first-order valence-corrected chi connectivity index (χ1v) is 9.55. The monoisotopic (exact) mass is 370 g/mol. The van der Waals surface area contributed by atoms with Crippen LogP contribution in [0, 0.1) is 0 Å². The van der Waals surface area contributed by atoms with E-state index in [1.165, 1.54) is 29.5 Å². The average Bonchev–Trinajstić information content (AvgIpc) is 3.23. The van der Waals surface area contributed by atoms with Gasteiger partial charge in [-0.05, 0) is 47.3 Å². The molecule has 7 heteroatoms. The van der Waals surface area contributed by atoms with Gasteiger partial charge >= 0.3 is 6.03 Å². The van der Waals surface area contributed by atoms with Crippen molar-refractivity contribution in [1.82, 2.24) is 10.6 Å². The molecule has 3 amide bonds. The van der Waals surface area contributed by atoms with Gasteiger partial charge in [0.2, 0.25) is 0 Å². The zero-order valence-corrected chi connectivity index (χ0v) is 15.7. The predicted octanol–water partition coefficient (Wildman–Crippen LogP) is 2.22. The Kier molecular flexibility index (Phi) is 4.32. The van der Waals surface area contributed by atoms with Gasteiger partial charge < -0.3 is 21.2 Å². The first kappa shape index (κ1) is 17.8. The number of nitrogens with two attached hydrogens (primary N) is 1. The number of nitrogens with one attached hydrogen (secondary N) is 2. The zero-order valence-electron chi connectivity index (χ0n) is 15.7. The van der Waals surface area contributed by atoms with Crippen LogP contribution in [0.15, 0.2) is 23.4 Å². The molecular formula is C20H26N4O3. The van der Waals surface area contributed by atoms with E-state index < -0.39 is 5.91 Å². The van der Waals surface area contributed by atoms with Crippen LogP contribution in [0.3, 0.4) is 0 Å². The third-order valence-corrected chi connectivity index (χ3v) is 6.10. The van der Waals surface area contributed by atoms with E-state index in [4.69, 9.17) is 10.6 Å². The summed E-state index contributed by atoms with van der Waals surface area (Å²) in [5.74, 6) is -0.0565. The molecule has 7 nitrogen and oxygen atoms in total. The molecular weight excluding hydrogens is 344 g/mol. The molecule has 0 aromatic heterocycles. The van der Waals surface area contributed by atoms with Crippen molar-refractivity contribution in [2.45, 2.75) is 63.0 Å². The first-order valence-electron chi connectivity index (χ1n) is 9.55. The van der Waals surface area contributed by atoms with Crippen LogP contribution in [0.1, 0.15) is 68.2 Å². The number of amides is 3. The van der Waals surface area contributed by atoms with Gasteiger partial charge in [-0.3, -0.25) is 4.79 Å². The summed E-state index contributed by atoms with van der Waals surface area (Å²) in [7, 11) is 0. The molecule has 0 fully saturated rings. The Morgan fingerprint density at radius 2 is 2.19 bits per heavy atom. The van der Waals surface area contributed by atoms with Crippen molar-refractivity contribution in [2.75, 3.05) is 6.54 Å². The normalized spacial score (nSPS) is 27.3. The van der Waals surface area contributed by atoms with Crippen molar-refractivity contribution in [1.29, 1.82) is 0 Å². The minimum atomic E-state index is -0.584. The van der Waals surface area contributed by atoms with Crippen LogP contribution >= 0.6 is 0 Å². The highest BCUT2D eigenvalue weighted by Crippen LogP contribution is 2.52. The molecule has 27 heavy (non-hydrogen) atoms. The Labute approximate surface area is 158 Å². The molecule has 4 rings (SSSR count). The van der Waals surface area contributed by atoms with Crippen LogP contribution in [0.2, 0.25) is 0 Å². The van der Waals surface area contributed by atoms with E-state index in [9.17, 15) is 9.59 Å². The molecule has 4 N–H and O–H groups in total. The van der Waals surface area contributed by atoms with Crippen LogP contribution in [-0.2, 0) is 15.0 Å². The van der Waals surface area contributed by atoms with Crippen molar-refractivity contribution in [3.8, 4) is 0 Å². The summed E-state index contributed by atoms with van der Waals surface area (Å²) in [6.45, 7) is 4.88. The SMILES string of the molecule is CC1(C)CCC2CC(NC(=O)NCC3CC(C(N)=O)=NO3)c3cccc1c32. The number of carbonyl (C=O) groups excluding carboxylic acids is 2. The highest BCUT2D eigenvalue weighted by molar-refractivity contribution is 6.38. The lowest BCUT2D eigenvalue weighted by Crippen LogP contribution is -2.41. The van der Waals surface area contributed by atoms with Crippen LogP contribution in [0.25, 0.3) is 0 Å². The standard InChI is InChI=1S/C20H26N4O3/c1-20(2)7-6-11-8-15(13-4-3-5-14(20)17(11)13)23-19(26)22-10-12-9-16(18(21)25)24-27-12/h3-5,11-12,15H,6-10H2,1-2H3,(H2,21,25)(H2,22,23,26). The van der Waals surface area contributed by atoms with Gasteiger partial charge in [0, 0.05) is 6.42 Å². The maximum atomic E-state index is 12.4. The molecule has 3 unspecified atom stereocenters. The molecule has 1 aromatic rings. The number of urea groups is 1. The van der Waals surface area contributed by atoms with Gasteiger partial charge in [-0.15, -0.1) is 0 Å². The van der Waals surface area contributed by atoms with E-state index >= 15 is 0 Å². The van der Waals surface area contributed by atoms with E-state index in [-0.39, 0.29) is 35.8 Å². The third-order valence-electron chi connectivity index (χ3n) is 6.10. The summed E-state index contributed by atoms with van der Waals surface area (Å²) >= 11 is 0. The Balaban J connectivity index is 1.37. The van der Waals surface area contributed by atoms with Gasteiger partial charge in [-0.2, -0.15) is 0 Å². The van der Waals surface area contributed by atoms with Gasteiger partial charge in [0.05, 0.1) is 12.6 Å². The highest BCUT2D eigenvalue weighted by Gasteiger charge is 2.40. The molecule has 144 valence electrons. The fraction of sp³-hybridized carbons (Fsp3) is 0.550. The first-order chi connectivity index (χ1) is 12.8. The number of benzene rings is 1. The van der Waals surface area contributed by atoms with Gasteiger partial charge in [0.25, 0.3) is 5.91 Å². The second-order valence-electron chi connectivity index (χ2n) is 8.40. The molecule has 1 heterocycles. The molecule has 0 saturated carbocycles. The summed E-state index contributed by atoms with van der Waals surface area (Å²) in [5, 5.41) is 9.57. The van der Waals surface area contributed by atoms with Crippen LogP contribution < -0.4 is 16.4 Å². The molecule has 0 radical (unpaired) electrons. The van der Waals surface area contributed by atoms with Crippen molar-refractivity contribution in [3.63, 3.8) is 0 Å². The van der Waals surface area contributed by atoms with Crippen LogP contribution in [-0.4, -0.2) is 30.3 Å². The van der Waals surface area contributed by atoms with E-state index in [1.807, 2.05) is 0 Å². The molecule has 0 spiro atoms. The number of hydrogen-bond donors (Lipinski definition) is 3. The summed E-state index contributed by atoms with van der Waals surface area (Å²) < 4.78 is 0. The highest BCUT2D eigenvalue weighted by atomic mass is 16.6. The molecule has 2 aliphatic carbocycles. The fourth-order valence-electron chi connectivity index (χ4n) is 4.63. The second kappa shape index (κ2) is 6.55. The van der Waals surface area contributed by atoms with Crippen molar-refractivity contribution in [3.05, 3.63) is 34.9 Å². The van der Waals surface area contributed by atoms with Crippen LogP contribution in [0.5, 0.6) is 0 Å². The third kappa shape index (κ3) is 3.26. The van der Waals surface area contributed by atoms with E-state index in [0.29, 0.717) is 12.3 Å². The molecule has 3 atom stereocenters. The lowest BCUT2D eigenvalue weighted by molar-refractivity contribution is -0.112. The zero-order chi connectivity index (χ0) is 19.2. The summed E-state index contributed by atoms with van der Waals surface area (Å²) in [4.78, 5) is 28.6. The Morgan fingerprint density at radius 1 is 1.37 bits per heavy atom. The van der Waals surface area contributed by atoms with Gasteiger partial charge in [0.15, 0.2) is 6.10 Å². The summed E-state index contributed by atoms with van der Waals surface area (Å²) in [5.41, 5.74) is 9.70. The largest absolute Gasteiger partial charge is 0.390 e. The topological polar surface area (TPSA) is 106 Å². The number of carbonyl (C=O) groups is 2. The van der Waals surface area contributed by atoms with Crippen molar-refractivity contribution < 1.29 is 14.4 Å². The van der Waals surface area contributed by atoms with Crippen molar-refractivity contribution in [2.24, 2.45) is 10.9 Å². The molecule has 0 bridgehead atoms. The Morgan fingerprint density at radius 3 is 2.93 bits per heavy atom. The van der Waals surface area contributed by atoms with Gasteiger partial charge in [-0.25, -0.2) is 4.79 Å². The summed E-state index contributed by atoms with van der Waals surface area (Å²) in [6.07, 6.45) is 3.26. The number of rotatable bonds is 4. The molecule has 1 aromatic carbocycles. The number of primary amides is 1. The number of nitrogens with zero attached hydrogens (tertiary/aromatic N) is 1. The maximum absolute atomic E-state index is 12.4. The van der Waals surface area contributed by atoms with Gasteiger partial charge in [-0.1, -0.05) is 37.2 Å². The molecule has 0 saturated heterocycles. The molecule has 1 aliphatic heterocycles. The smallest absolute Gasteiger partial charge is 0.315 e. The fourth-order valence-corrected chi connectivity index (χ4v) is 4.63. The molecule has 3 aliphatic rings. The summed E-state index contributed by atoms with van der Waals surface area (Å²) in [6, 6.07) is 6.28. The average molecular weight is 370 g/mol. The van der Waals surface area contributed by atoms with E-state index in [2.05, 4.69) is 47.8 Å². The Bertz CT molecular complexity index is 817. The predicted molar refractivity (Wildman–Crippen MR) is 101 cm³/mol. The maximum Gasteiger partial charge on any atom is 0.315 e.